The summed E-state index contributed by atoms with van der Waals surface area (Å²) in [4.78, 5) is 4.89. The van der Waals surface area contributed by atoms with Crippen LogP contribution in [0, 0.1) is 0 Å². The van der Waals surface area contributed by atoms with E-state index in [2.05, 4.69) is 16.7 Å². The van der Waals surface area contributed by atoms with Crippen LogP contribution in [0.1, 0.15) is 13.3 Å². The molecule has 2 atom stereocenters. The Morgan fingerprint density at radius 3 is 2.60 bits per heavy atom. The summed E-state index contributed by atoms with van der Waals surface area (Å²) in [7, 11) is 0. The molecule has 0 aromatic rings. The van der Waals surface area contributed by atoms with Gasteiger partial charge < -0.3 is 14.7 Å². The van der Waals surface area contributed by atoms with Crippen LogP contribution in [0.15, 0.2) is 0 Å². The zero-order valence-electron chi connectivity index (χ0n) is 9.56. The molecule has 2 heterocycles. The third-order valence-corrected chi connectivity index (χ3v) is 3.61. The lowest BCUT2D eigenvalue weighted by Crippen LogP contribution is -2.56. The minimum atomic E-state index is -0.285. The van der Waals surface area contributed by atoms with Crippen molar-refractivity contribution in [2.24, 2.45) is 0 Å². The number of hydrogen-bond donors (Lipinski definition) is 1. The quantitative estimate of drug-likeness (QED) is 0.689. The molecule has 0 saturated carbocycles. The van der Waals surface area contributed by atoms with Crippen LogP contribution in [0.25, 0.3) is 0 Å². The van der Waals surface area contributed by atoms with E-state index in [1.54, 1.807) is 0 Å². The largest absolute Gasteiger partial charge is 0.389 e. The third-order valence-electron chi connectivity index (χ3n) is 3.61. The van der Waals surface area contributed by atoms with Gasteiger partial charge in [-0.2, -0.15) is 0 Å². The molecule has 1 N–H and O–H groups in total. The highest BCUT2D eigenvalue weighted by Crippen LogP contribution is 2.16. The predicted octanol–water partition coefficient (Wildman–Crippen LogP) is -0.226. The fourth-order valence-corrected chi connectivity index (χ4v) is 2.55. The molecule has 4 heteroatoms. The van der Waals surface area contributed by atoms with Crippen LogP contribution < -0.4 is 0 Å². The van der Waals surface area contributed by atoms with E-state index in [4.69, 9.17) is 4.74 Å². The maximum Gasteiger partial charge on any atom is 0.0929 e. The van der Waals surface area contributed by atoms with E-state index < -0.39 is 0 Å². The SMILES string of the molecule is CCN1CCN(C2CCOCC2O)CC1. The minimum absolute atomic E-state index is 0.285. The van der Waals surface area contributed by atoms with Gasteiger partial charge in [0.1, 0.15) is 0 Å². The Morgan fingerprint density at radius 2 is 2.00 bits per heavy atom. The molecule has 0 radical (unpaired) electrons. The zero-order chi connectivity index (χ0) is 10.7. The van der Waals surface area contributed by atoms with Crippen LogP contribution in [-0.2, 0) is 4.74 Å². The van der Waals surface area contributed by atoms with E-state index in [1.165, 1.54) is 0 Å². The highest BCUT2D eigenvalue weighted by Gasteiger charge is 2.30. The van der Waals surface area contributed by atoms with Crippen molar-refractivity contribution in [1.82, 2.24) is 9.80 Å². The first-order valence-corrected chi connectivity index (χ1v) is 6.03. The van der Waals surface area contributed by atoms with E-state index in [9.17, 15) is 5.11 Å². The van der Waals surface area contributed by atoms with Gasteiger partial charge in [-0.1, -0.05) is 6.92 Å². The van der Waals surface area contributed by atoms with E-state index >= 15 is 0 Å². The number of ether oxygens (including phenoxy) is 1. The molecule has 0 amide bonds. The fraction of sp³-hybridized carbons (Fsp3) is 1.00. The second-order valence-electron chi connectivity index (χ2n) is 4.47. The van der Waals surface area contributed by atoms with Crippen molar-refractivity contribution in [1.29, 1.82) is 0 Å². The normalized spacial score (nSPS) is 35.6. The number of aliphatic hydroxyl groups excluding tert-OH is 1. The van der Waals surface area contributed by atoms with Crippen molar-refractivity contribution in [3.63, 3.8) is 0 Å². The number of piperazine rings is 1. The van der Waals surface area contributed by atoms with Crippen molar-refractivity contribution in [2.75, 3.05) is 45.9 Å². The van der Waals surface area contributed by atoms with E-state index in [-0.39, 0.29) is 6.10 Å². The molecule has 0 aliphatic carbocycles. The van der Waals surface area contributed by atoms with Gasteiger partial charge in [0.15, 0.2) is 0 Å². The number of nitrogens with zero attached hydrogens (tertiary/aromatic N) is 2. The maximum absolute atomic E-state index is 9.86. The average molecular weight is 214 g/mol. The molecule has 2 fully saturated rings. The summed E-state index contributed by atoms with van der Waals surface area (Å²) in [6.45, 7) is 9.13. The Hall–Kier alpha value is -0.160. The molecule has 0 aromatic heterocycles. The monoisotopic (exact) mass is 214 g/mol. The maximum atomic E-state index is 9.86. The van der Waals surface area contributed by atoms with Gasteiger partial charge in [0, 0.05) is 38.8 Å². The molecule has 0 aromatic carbocycles. The standard InChI is InChI=1S/C11H22N2O2/c1-2-12-4-6-13(7-5-12)10-3-8-15-9-11(10)14/h10-11,14H,2-9H2,1H3. The molecular formula is C11H22N2O2. The van der Waals surface area contributed by atoms with Crippen LogP contribution in [0.3, 0.4) is 0 Å². The molecule has 2 aliphatic heterocycles. The molecule has 15 heavy (non-hydrogen) atoms. The number of aliphatic hydroxyl groups is 1. The van der Waals surface area contributed by atoms with Gasteiger partial charge in [0.25, 0.3) is 0 Å². The summed E-state index contributed by atoms with van der Waals surface area (Å²) < 4.78 is 5.26. The smallest absolute Gasteiger partial charge is 0.0929 e. The zero-order valence-corrected chi connectivity index (χ0v) is 9.56. The second kappa shape index (κ2) is 5.25. The Bertz CT molecular complexity index is 193. The highest BCUT2D eigenvalue weighted by atomic mass is 16.5. The molecule has 4 nitrogen and oxygen atoms in total. The van der Waals surface area contributed by atoms with E-state index in [1.807, 2.05) is 0 Å². The minimum Gasteiger partial charge on any atom is -0.389 e. The van der Waals surface area contributed by atoms with Crippen molar-refractivity contribution in [2.45, 2.75) is 25.5 Å². The lowest BCUT2D eigenvalue weighted by molar-refractivity contribution is -0.0731. The number of rotatable bonds is 2. The van der Waals surface area contributed by atoms with Gasteiger partial charge in [-0.15, -0.1) is 0 Å². The summed E-state index contributed by atoms with van der Waals surface area (Å²) in [5.41, 5.74) is 0. The van der Waals surface area contributed by atoms with Gasteiger partial charge in [-0.25, -0.2) is 0 Å². The molecule has 0 spiro atoms. The molecule has 2 aliphatic rings. The fourth-order valence-electron chi connectivity index (χ4n) is 2.55. The molecule has 0 bridgehead atoms. The Balaban J connectivity index is 1.83. The number of hydrogen-bond acceptors (Lipinski definition) is 4. The molecule has 2 rings (SSSR count). The van der Waals surface area contributed by atoms with E-state index in [0.29, 0.717) is 12.6 Å². The van der Waals surface area contributed by atoms with Gasteiger partial charge in [0.2, 0.25) is 0 Å². The molecule has 2 unspecified atom stereocenters. The van der Waals surface area contributed by atoms with Crippen molar-refractivity contribution in [3.05, 3.63) is 0 Å². The summed E-state index contributed by atoms with van der Waals surface area (Å²) in [6, 6.07) is 0.331. The third kappa shape index (κ3) is 2.69. The summed E-state index contributed by atoms with van der Waals surface area (Å²) in [5.74, 6) is 0. The summed E-state index contributed by atoms with van der Waals surface area (Å²) >= 11 is 0. The van der Waals surface area contributed by atoms with Gasteiger partial charge in [0.05, 0.1) is 12.7 Å². The van der Waals surface area contributed by atoms with Crippen molar-refractivity contribution in [3.8, 4) is 0 Å². The first-order valence-electron chi connectivity index (χ1n) is 6.03. The Kier molecular flexibility index (Phi) is 3.97. The van der Waals surface area contributed by atoms with Crippen LogP contribution in [0.5, 0.6) is 0 Å². The van der Waals surface area contributed by atoms with Crippen LogP contribution in [0.4, 0.5) is 0 Å². The lowest BCUT2D eigenvalue weighted by atomic mass is 10.0. The van der Waals surface area contributed by atoms with Gasteiger partial charge in [-0.05, 0) is 13.0 Å². The Labute approximate surface area is 91.8 Å². The van der Waals surface area contributed by atoms with Crippen LogP contribution in [0.2, 0.25) is 0 Å². The van der Waals surface area contributed by atoms with Crippen LogP contribution in [-0.4, -0.2) is 73.0 Å². The van der Waals surface area contributed by atoms with Crippen LogP contribution >= 0.6 is 0 Å². The average Bonchev–Trinajstić information content (AvgIpc) is 2.30. The van der Waals surface area contributed by atoms with E-state index in [0.717, 1.165) is 45.8 Å². The molecule has 2 saturated heterocycles. The predicted molar refractivity (Wildman–Crippen MR) is 58.9 cm³/mol. The summed E-state index contributed by atoms with van der Waals surface area (Å²) in [5, 5.41) is 9.86. The lowest BCUT2D eigenvalue weighted by Gasteiger charge is -2.42. The topological polar surface area (TPSA) is 35.9 Å². The Morgan fingerprint density at radius 1 is 1.27 bits per heavy atom. The first kappa shape index (κ1) is 11.3. The molecule has 88 valence electrons. The van der Waals surface area contributed by atoms with Gasteiger partial charge >= 0.3 is 0 Å². The molecular weight excluding hydrogens is 192 g/mol. The van der Waals surface area contributed by atoms with Gasteiger partial charge in [-0.3, -0.25) is 4.90 Å². The second-order valence-corrected chi connectivity index (χ2v) is 4.47. The highest BCUT2D eigenvalue weighted by molar-refractivity contribution is 4.85. The van der Waals surface area contributed by atoms with Crippen molar-refractivity contribution < 1.29 is 9.84 Å². The number of likely N-dealkylation sites (N-methyl/N-ethyl adjacent to an activating group) is 1. The first-order chi connectivity index (χ1) is 7.31. The van der Waals surface area contributed by atoms with Crippen molar-refractivity contribution >= 4 is 0 Å². The summed E-state index contributed by atoms with van der Waals surface area (Å²) in [6.07, 6.45) is 0.694.